The first-order valence-electron chi connectivity index (χ1n) is 11.7. The van der Waals surface area contributed by atoms with Gasteiger partial charge in [-0.25, -0.2) is 0 Å². The van der Waals surface area contributed by atoms with Gasteiger partial charge in [0.1, 0.15) is 5.60 Å². The van der Waals surface area contributed by atoms with Crippen LogP contribution in [0.25, 0.3) is 0 Å². The Bertz CT molecular complexity index is 587. The Hall–Kier alpha value is -1.10. The average molecular weight is 391 g/mol. The van der Waals surface area contributed by atoms with E-state index in [-0.39, 0.29) is 11.8 Å². The van der Waals surface area contributed by atoms with Crippen molar-refractivity contribution >= 4 is 11.8 Å². The van der Waals surface area contributed by atoms with E-state index in [1.807, 2.05) is 4.90 Å². The number of amides is 2. The summed E-state index contributed by atoms with van der Waals surface area (Å²) >= 11 is 0. The van der Waals surface area contributed by atoms with Crippen molar-refractivity contribution in [2.75, 3.05) is 26.2 Å². The number of rotatable bonds is 3. The van der Waals surface area contributed by atoms with E-state index in [1.54, 1.807) is 4.90 Å². The van der Waals surface area contributed by atoms with Crippen molar-refractivity contribution in [1.82, 2.24) is 9.80 Å². The highest BCUT2D eigenvalue weighted by molar-refractivity contribution is 5.88. The molecule has 1 aliphatic heterocycles. The number of nitrogens with zero attached hydrogens (tertiary/aromatic N) is 2. The first-order chi connectivity index (χ1) is 13.4. The molecule has 1 saturated heterocycles. The van der Waals surface area contributed by atoms with Gasteiger partial charge in [0.05, 0.1) is 0 Å². The zero-order chi connectivity index (χ0) is 19.9. The lowest BCUT2D eigenvalue weighted by molar-refractivity contribution is -0.148. The summed E-state index contributed by atoms with van der Waals surface area (Å²) in [5.74, 6) is 3.76. The van der Waals surface area contributed by atoms with Crippen molar-refractivity contribution in [3.8, 4) is 0 Å². The Morgan fingerprint density at radius 1 is 0.857 bits per heavy atom. The molecule has 3 atom stereocenters. The third-order valence-electron chi connectivity index (χ3n) is 8.25. The molecule has 5 nitrogen and oxygen atoms in total. The Morgan fingerprint density at radius 2 is 1.46 bits per heavy atom. The summed E-state index contributed by atoms with van der Waals surface area (Å²) in [5, 5.41) is 10.0. The van der Waals surface area contributed by atoms with Crippen LogP contribution in [-0.4, -0.2) is 58.5 Å². The SMILES string of the molecule is CC1CCC(C)C(C2CCC(C(=O)N3CCN(C(=O)C4(O)CC4)CC3)CC2)C1. The molecular weight excluding hydrogens is 352 g/mol. The van der Waals surface area contributed by atoms with E-state index >= 15 is 0 Å². The summed E-state index contributed by atoms with van der Waals surface area (Å²) in [7, 11) is 0. The zero-order valence-corrected chi connectivity index (χ0v) is 17.7. The van der Waals surface area contributed by atoms with Gasteiger partial charge >= 0.3 is 0 Å². The van der Waals surface area contributed by atoms with E-state index < -0.39 is 5.60 Å². The van der Waals surface area contributed by atoms with Crippen molar-refractivity contribution < 1.29 is 14.7 Å². The molecule has 2 amide bonds. The number of piperazine rings is 1. The molecule has 158 valence electrons. The maximum atomic E-state index is 13.0. The first kappa shape index (κ1) is 20.2. The van der Waals surface area contributed by atoms with Crippen LogP contribution in [0.2, 0.25) is 0 Å². The van der Waals surface area contributed by atoms with E-state index in [2.05, 4.69) is 13.8 Å². The van der Waals surface area contributed by atoms with Crippen molar-refractivity contribution in [2.24, 2.45) is 29.6 Å². The topological polar surface area (TPSA) is 60.9 Å². The lowest BCUT2D eigenvalue weighted by Gasteiger charge is -2.42. The second kappa shape index (κ2) is 7.97. The Morgan fingerprint density at radius 3 is 2.07 bits per heavy atom. The lowest BCUT2D eigenvalue weighted by atomic mass is 9.65. The van der Waals surface area contributed by atoms with Crippen LogP contribution >= 0.6 is 0 Å². The van der Waals surface area contributed by atoms with E-state index in [9.17, 15) is 14.7 Å². The van der Waals surface area contributed by atoms with Crippen molar-refractivity contribution in [3.63, 3.8) is 0 Å². The summed E-state index contributed by atoms with van der Waals surface area (Å²) in [6.45, 7) is 7.22. The van der Waals surface area contributed by atoms with Crippen LogP contribution in [0, 0.1) is 29.6 Å². The normalized spacial score (nSPS) is 38.2. The fourth-order valence-electron chi connectivity index (χ4n) is 6.04. The fourth-order valence-corrected chi connectivity index (χ4v) is 6.04. The van der Waals surface area contributed by atoms with E-state index in [0.717, 1.165) is 36.5 Å². The van der Waals surface area contributed by atoms with Crippen LogP contribution in [0.15, 0.2) is 0 Å². The predicted molar refractivity (Wildman–Crippen MR) is 108 cm³/mol. The van der Waals surface area contributed by atoms with Crippen molar-refractivity contribution in [1.29, 1.82) is 0 Å². The summed E-state index contributed by atoms with van der Waals surface area (Å²) in [5.41, 5.74) is -1.09. The monoisotopic (exact) mass is 390 g/mol. The second-order valence-electron chi connectivity index (χ2n) is 10.3. The highest BCUT2D eigenvalue weighted by atomic mass is 16.3. The third-order valence-corrected chi connectivity index (χ3v) is 8.25. The van der Waals surface area contributed by atoms with Crippen molar-refractivity contribution in [3.05, 3.63) is 0 Å². The molecule has 28 heavy (non-hydrogen) atoms. The minimum atomic E-state index is -1.09. The van der Waals surface area contributed by atoms with E-state index in [4.69, 9.17) is 0 Å². The molecule has 4 fully saturated rings. The number of aliphatic hydroxyl groups is 1. The number of carbonyl (C=O) groups excluding carboxylic acids is 2. The van der Waals surface area contributed by atoms with Gasteiger partial charge in [-0.05, 0) is 68.6 Å². The molecule has 0 aromatic rings. The molecule has 5 heteroatoms. The highest BCUT2D eigenvalue weighted by Gasteiger charge is 2.50. The molecule has 3 unspecified atom stereocenters. The van der Waals surface area contributed by atoms with Gasteiger partial charge in [-0.15, -0.1) is 0 Å². The largest absolute Gasteiger partial charge is 0.380 e. The number of carbonyl (C=O) groups is 2. The van der Waals surface area contributed by atoms with E-state index in [1.165, 1.54) is 32.1 Å². The molecule has 4 rings (SSSR count). The summed E-state index contributed by atoms with van der Waals surface area (Å²) in [6, 6.07) is 0. The quantitative estimate of drug-likeness (QED) is 0.806. The molecule has 3 saturated carbocycles. The summed E-state index contributed by atoms with van der Waals surface area (Å²) in [4.78, 5) is 29.0. The third kappa shape index (κ3) is 4.10. The van der Waals surface area contributed by atoms with Crippen molar-refractivity contribution in [2.45, 2.75) is 77.2 Å². The summed E-state index contributed by atoms with van der Waals surface area (Å²) < 4.78 is 0. The highest BCUT2D eigenvalue weighted by Crippen LogP contribution is 2.44. The molecular formula is C23H38N2O3. The van der Waals surface area contributed by atoms with Crippen LogP contribution in [0.5, 0.6) is 0 Å². The van der Waals surface area contributed by atoms with Gasteiger partial charge in [0.2, 0.25) is 5.91 Å². The van der Waals surface area contributed by atoms with Gasteiger partial charge < -0.3 is 14.9 Å². The van der Waals surface area contributed by atoms with Gasteiger partial charge in [-0.3, -0.25) is 9.59 Å². The minimum Gasteiger partial charge on any atom is -0.380 e. The van der Waals surface area contributed by atoms with Gasteiger partial charge in [-0.1, -0.05) is 26.7 Å². The smallest absolute Gasteiger partial charge is 0.254 e. The lowest BCUT2D eigenvalue weighted by Crippen LogP contribution is -2.54. The van der Waals surface area contributed by atoms with Crippen LogP contribution in [0.3, 0.4) is 0 Å². The maximum absolute atomic E-state index is 13.0. The van der Waals surface area contributed by atoms with Crippen LogP contribution in [-0.2, 0) is 9.59 Å². The van der Waals surface area contributed by atoms with Gasteiger partial charge in [0, 0.05) is 32.1 Å². The molecule has 3 aliphatic carbocycles. The number of hydrogen-bond donors (Lipinski definition) is 1. The van der Waals surface area contributed by atoms with Crippen LogP contribution in [0.4, 0.5) is 0 Å². The Kier molecular flexibility index (Phi) is 5.74. The van der Waals surface area contributed by atoms with E-state index in [0.29, 0.717) is 44.9 Å². The standard InChI is InChI=1S/C23H38N2O3/c1-16-3-4-17(2)20(15-16)18-5-7-19(8-6-18)21(26)24-11-13-25(14-12-24)22(27)23(28)9-10-23/h16-20,28H,3-15H2,1-2H3. The Labute approximate surface area is 169 Å². The molecule has 0 bridgehead atoms. The molecule has 0 aromatic carbocycles. The molecule has 0 radical (unpaired) electrons. The maximum Gasteiger partial charge on any atom is 0.254 e. The average Bonchev–Trinajstić information content (AvgIpc) is 3.47. The van der Waals surface area contributed by atoms with Gasteiger partial charge in [-0.2, -0.15) is 0 Å². The van der Waals surface area contributed by atoms with Gasteiger partial charge in [0.25, 0.3) is 5.91 Å². The first-order valence-corrected chi connectivity index (χ1v) is 11.7. The number of hydrogen-bond acceptors (Lipinski definition) is 3. The minimum absolute atomic E-state index is 0.129. The van der Waals surface area contributed by atoms with Gasteiger partial charge in [0.15, 0.2) is 0 Å². The second-order valence-corrected chi connectivity index (χ2v) is 10.3. The zero-order valence-electron chi connectivity index (χ0n) is 17.7. The fraction of sp³-hybridized carbons (Fsp3) is 0.913. The molecule has 0 spiro atoms. The molecule has 4 aliphatic rings. The molecule has 1 N–H and O–H groups in total. The van der Waals surface area contributed by atoms with Crippen LogP contribution in [0.1, 0.15) is 71.6 Å². The molecule has 0 aromatic heterocycles. The summed E-state index contributed by atoms with van der Waals surface area (Å²) in [6.07, 6.45) is 9.83. The Balaban J connectivity index is 1.24. The molecule has 1 heterocycles. The van der Waals surface area contributed by atoms with Crippen LogP contribution < -0.4 is 0 Å². The predicted octanol–water partition coefficient (Wildman–Crippen LogP) is 3.06.